The molecule has 8 heteroatoms. The van der Waals surface area contributed by atoms with E-state index in [0.717, 1.165) is 0 Å². The minimum Gasteiger partial charge on any atom is -0.471 e. The summed E-state index contributed by atoms with van der Waals surface area (Å²) in [6.45, 7) is 4.02. The first kappa shape index (κ1) is 16.8. The number of ether oxygens (including phenoxy) is 2. The molecule has 8 nitrogen and oxygen atoms in total. The number of carbonyl (C=O) groups excluding carboxylic acids is 1. The third-order valence-electron chi connectivity index (χ3n) is 3.20. The van der Waals surface area contributed by atoms with Gasteiger partial charge in [0.1, 0.15) is 6.61 Å². The second-order valence-corrected chi connectivity index (χ2v) is 5.26. The molecule has 1 rings (SSSR count). The Kier molecular flexibility index (Phi) is 5.20. The Morgan fingerprint density at radius 3 is 2.52 bits per heavy atom. The van der Waals surface area contributed by atoms with Gasteiger partial charge in [0.15, 0.2) is 5.69 Å². The van der Waals surface area contributed by atoms with Crippen LogP contribution in [0, 0.1) is 10.1 Å². The summed E-state index contributed by atoms with van der Waals surface area (Å²) in [5, 5.41) is 11.0. The molecule has 0 saturated carbocycles. The van der Waals surface area contributed by atoms with Gasteiger partial charge in [0, 0.05) is 11.6 Å². The van der Waals surface area contributed by atoms with Crippen LogP contribution in [0.1, 0.15) is 24.3 Å². The maximum absolute atomic E-state index is 11.4. The third-order valence-corrected chi connectivity index (χ3v) is 3.20. The fraction of sp³-hybridized carbons (Fsp3) is 0.538. The van der Waals surface area contributed by atoms with Gasteiger partial charge in [0.25, 0.3) is 5.88 Å². The lowest BCUT2D eigenvalue weighted by Gasteiger charge is -2.31. The summed E-state index contributed by atoms with van der Waals surface area (Å²) in [6.07, 6.45) is 0. The van der Waals surface area contributed by atoms with Crippen LogP contribution >= 0.6 is 0 Å². The molecule has 0 aromatic carbocycles. The van der Waals surface area contributed by atoms with Gasteiger partial charge in [0.05, 0.1) is 12.0 Å². The molecule has 0 N–H and O–H groups in total. The summed E-state index contributed by atoms with van der Waals surface area (Å²) in [5.74, 6) is -0.876. The molecule has 116 valence electrons. The van der Waals surface area contributed by atoms with Crippen LogP contribution in [0.15, 0.2) is 12.1 Å². The Bertz CT molecular complexity index is 543. The van der Waals surface area contributed by atoms with Gasteiger partial charge in [-0.3, -0.25) is 10.1 Å². The highest BCUT2D eigenvalue weighted by Crippen LogP contribution is 2.26. The average Bonchev–Trinajstić information content (AvgIpc) is 2.43. The minimum absolute atomic E-state index is 0.0410. The zero-order valence-electron chi connectivity index (χ0n) is 12.7. The van der Waals surface area contributed by atoms with Crippen LogP contribution in [-0.2, 0) is 4.74 Å². The van der Waals surface area contributed by atoms with E-state index in [2.05, 4.69) is 9.72 Å². The standard InChI is InChI=1S/C13H19N3O5/c1-13(2,15(3)4)8-21-11-10(16(18)19)7-6-9(14-11)12(17)20-5/h6-7H,8H2,1-5H3. The molecule has 0 aliphatic rings. The molecular formula is C13H19N3O5. The zero-order valence-corrected chi connectivity index (χ0v) is 12.7. The lowest BCUT2D eigenvalue weighted by Crippen LogP contribution is -2.43. The monoisotopic (exact) mass is 297 g/mol. The first-order valence-corrected chi connectivity index (χ1v) is 6.23. The van der Waals surface area contributed by atoms with Crippen LogP contribution < -0.4 is 4.74 Å². The van der Waals surface area contributed by atoms with Crippen LogP contribution in [0.25, 0.3) is 0 Å². The van der Waals surface area contributed by atoms with Gasteiger partial charge in [0.2, 0.25) is 0 Å². The number of likely N-dealkylation sites (N-methyl/N-ethyl adjacent to an activating group) is 1. The lowest BCUT2D eigenvalue weighted by molar-refractivity contribution is -0.386. The maximum atomic E-state index is 11.4. The highest BCUT2D eigenvalue weighted by molar-refractivity contribution is 5.87. The fourth-order valence-electron chi connectivity index (χ4n) is 1.27. The molecule has 0 unspecified atom stereocenters. The Balaban J connectivity index is 3.07. The highest BCUT2D eigenvalue weighted by Gasteiger charge is 2.26. The Labute approximate surface area is 122 Å². The number of carbonyl (C=O) groups is 1. The summed E-state index contributed by atoms with van der Waals surface area (Å²) < 4.78 is 10.00. The first-order valence-electron chi connectivity index (χ1n) is 6.23. The van der Waals surface area contributed by atoms with Crippen molar-refractivity contribution in [2.24, 2.45) is 0 Å². The summed E-state index contributed by atoms with van der Waals surface area (Å²) >= 11 is 0. The van der Waals surface area contributed by atoms with E-state index in [4.69, 9.17) is 4.74 Å². The van der Waals surface area contributed by atoms with Gasteiger partial charge in [-0.15, -0.1) is 0 Å². The average molecular weight is 297 g/mol. The maximum Gasteiger partial charge on any atom is 0.356 e. The van der Waals surface area contributed by atoms with Crippen LogP contribution in [0.5, 0.6) is 5.88 Å². The van der Waals surface area contributed by atoms with Crippen LogP contribution in [0.2, 0.25) is 0 Å². The van der Waals surface area contributed by atoms with Gasteiger partial charge < -0.3 is 14.4 Å². The SMILES string of the molecule is COC(=O)c1ccc([N+](=O)[O-])c(OCC(C)(C)N(C)C)n1. The molecular weight excluding hydrogens is 278 g/mol. The topological polar surface area (TPSA) is 94.8 Å². The molecule has 0 atom stereocenters. The summed E-state index contributed by atoms with van der Waals surface area (Å²) in [6, 6.07) is 2.41. The molecule has 0 spiro atoms. The second kappa shape index (κ2) is 6.49. The van der Waals surface area contributed by atoms with Crippen molar-refractivity contribution in [1.29, 1.82) is 0 Å². The number of hydrogen-bond acceptors (Lipinski definition) is 7. The summed E-state index contributed by atoms with van der Waals surface area (Å²) in [4.78, 5) is 27.6. The van der Waals surface area contributed by atoms with Gasteiger partial charge in [-0.1, -0.05) is 0 Å². The van der Waals surface area contributed by atoms with Crippen molar-refractivity contribution in [3.63, 3.8) is 0 Å². The van der Waals surface area contributed by atoms with Crippen molar-refractivity contribution in [3.05, 3.63) is 27.9 Å². The van der Waals surface area contributed by atoms with E-state index in [9.17, 15) is 14.9 Å². The Morgan fingerprint density at radius 2 is 2.05 bits per heavy atom. The molecule has 0 aliphatic carbocycles. The molecule has 0 aliphatic heterocycles. The molecule has 0 saturated heterocycles. The third kappa shape index (κ3) is 4.12. The van der Waals surface area contributed by atoms with Crippen molar-refractivity contribution < 1.29 is 19.2 Å². The van der Waals surface area contributed by atoms with Gasteiger partial charge >= 0.3 is 11.7 Å². The summed E-state index contributed by atoms with van der Waals surface area (Å²) in [5.41, 5.74) is -0.686. The highest BCUT2D eigenvalue weighted by atomic mass is 16.6. The predicted octanol–water partition coefficient (Wildman–Crippen LogP) is 1.50. The number of methoxy groups -OCH3 is 1. The quantitative estimate of drug-likeness (QED) is 0.446. The molecule has 1 aromatic rings. The molecule has 0 amide bonds. The van der Waals surface area contributed by atoms with Crippen molar-refractivity contribution in [1.82, 2.24) is 9.88 Å². The number of hydrogen-bond donors (Lipinski definition) is 0. The van der Waals surface area contributed by atoms with Gasteiger partial charge in [-0.25, -0.2) is 9.78 Å². The number of nitrogens with zero attached hydrogens (tertiary/aromatic N) is 3. The van der Waals surface area contributed by atoms with E-state index >= 15 is 0 Å². The van der Waals surface area contributed by atoms with Crippen LogP contribution in [0.3, 0.4) is 0 Å². The Morgan fingerprint density at radius 1 is 1.43 bits per heavy atom. The number of nitro groups is 1. The molecule has 1 aromatic heterocycles. The van der Waals surface area contributed by atoms with Crippen molar-refractivity contribution >= 4 is 11.7 Å². The van der Waals surface area contributed by atoms with Crippen LogP contribution in [-0.4, -0.2) is 54.1 Å². The van der Waals surface area contributed by atoms with Crippen molar-refractivity contribution in [2.45, 2.75) is 19.4 Å². The van der Waals surface area contributed by atoms with E-state index in [1.54, 1.807) is 0 Å². The van der Waals surface area contributed by atoms with Crippen molar-refractivity contribution in [3.8, 4) is 5.88 Å². The molecule has 1 heterocycles. The first-order chi connectivity index (χ1) is 9.69. The number of pyridine rings is 1. The predicted molar refractivity (Wildman–Crippen MR) is 75.5 cm³/mol. The number of aromatic nitrogens is 1. The Hall–Kier alpha value is -2.22. The fourth-order valence-corrected chi connectivity index (χ4v) is 1.27. The van der Waals surface area contributed by atoms with E-state index in [1.807, 2.05) is 32.8 Å². The van der Waals surface area contributed by atoms with E-state index in [1.165, 1.54) is 19.2 Å². The van der Waals surface area contributed by atoms with Crippen molar-refractivity contribution in [2.75, 3.05) is 27.8 Å². The van der Waals surface area contributed by atoms with Gasteiger partial charge in [-0.05, 0) is 34.0 Å². The van der Waals surface area contributed by atoms with Crippen LogP contribution in [0.4, 0.5) is 5.69 Å². The smallest absolute Gasteiger partial charge is 0.356 e. The zero-order chi connectivity index (χ0) is 16.2. The molecule has 0 radical (unpaired) electrons. The lowest BCUT2D eigenvalue weighted by atomic mass is 10.1. The van der Waals surface area contributed by atoms with E-state index in [0.29, 0.717) is 0 Å². The normalized spacial score (nSPS) is 11.3. The number of esters is 1. The van der Waals surface area contributed by atoms with E-state index < -0.39 is 10.9 Å². The number of rotatable bonds is 6. The molecule has 0 bridgehead atoms. The largest absolute Gasteiger partial charge is 0.471 e. The minimum atomic E-state index is -0.679. The molecule has 0 fully saturated rings. The molecule has 21 heavy (non-hydrogen) atoms. The van der Waals surface area contributed by atoms with Gasteiger partial charge in [-0.2, -0.15) is 0 Å². The second-order valence-electron chi connectivity index (χ2n) is 5.26. The van der Waals surface area contributed by atoms with E-state index in [-0.39, 0.29) is 29.4 Å². The summed E-state index contributed by atoms with van der Waals surface area (Å²) in [7, 11) is 4.95.